The van der Waals surface area contributed by atoms with Gasteiger partial charge in [-0.2, -0.15) is 11.8 Å². The van der Waals surface area contributed by atoms with Gasteiger partial charge in [-0.05, 0) is 31.3 Å². The van der Waals surface area contributed by atoms with Crippen LogP contribution in [0.2, 0.25) is 0 Å². The number of carbonyl (C=O) groups excluding carboxylic acids is 4. The number of carbonyl (C=O) groups is 6. The van der Waals surface area contributed by atoms with Gasteiger partial charge >= 0.3 is 11.9 Å². The second kappa shape index (κ2) is 16.9. The van der Waals surface area contributed by atoms with Crippen LogP contribution >= 0.6 is 11.8 Å². The Labute approximate surface area is 211 Å². The zero-order valence-electron chi connectivity index (χ0n) is 19.8. The predicted molar refractivity (Wildman–Crippen MR) is 130 cm³/mol. The molecule has 4 atom stereocenters. The molecule has 0 aliphatic rings. The highest BCUT2D eigenvalue weighted by Crippen LogP contribution is 2.04. The third-order valence-electron chi connectivity index (χ3n) is 4.58. The molecule has 0 aliphatic carbocycles. The third kappa shape index (κ3) is 14.0. The Kier molecular flexibility index (Phi) is 15.2. The van der Waals surface area contributed by atoms with E-state index in [-0.39, 0.29) is 31.8 Å². The number of guanidine groups is 1. The van der Waals surface area contributed by atoms with Crippen molar-refractivity contribution in [1.82, 2.24) is 16.0 Å². The molecule has 36 heavy (non-hydrogen) atoms. The molecule has 17 heteroatoms. The highest BCUT2D eigenvalue weighted by molar-refractivity contribution is 7.98. The maximum Gasteiger partial charge on any atom is 0.326 e. The SMILES string of the molecule is CSCCC(N)C(=O)NC(CC(N)=O)C(=O)NC(CC(=O)O)C(=O)NC(CCCN=C(N)N)C(=O)O. The molecule has 204 valence electrons. The van der Waals surface area contributed by atoms with E-state index in [2.05, 4.69) is 20.9 Å². The van der Waals surface area contributed by atoms with Gasteiger partial charge in [-0.1, -0.05) is 0 Å². The van der Waals surface area contributed by atoms with Crippen LogP contribution in [0.3, 0.4) is 0 Å². The second-order valence-electron chi connectivity index (χ2n) is 7.63. The molecular formula is C19H34N8O8S. The standard InChI is InChI=1S/C19H34N8O8S/c1-36-6-4-9(20)15(31)26-11(7-13(21)28)16(32)27-12(8-14(29)30)17(33)25-10(18(34)35)3-2-5-24-19(22)23/h9-12H,2-8,20H2,1H3,(H2,21,28)(H,25,33)(H,26,31)(H,27,32)(H,29,30)(H,34,35)(H4,22,23,24). The Morgan fingerprint density at radius 1 is 0.833 bits per heavy atom. The molecule has 0 aliphatic heterocycles. The molecule has 0 bridgehead atoms. The minimum Gasteiger partial charge on any atom is -0.481 e. The topological polar surface area (TPSA) is 295 Å². The number of carboxylic acids is 2. The molecular weight excluding hydrogens is 500 g/mol. The van der Waals surface area contributed by atoms with Gasteiger partial charge in [0.05, 0.1) is 18.9 Å². The number of nitrogens with two attached hydrogens (primary N) is 4. The average Bonchev–Trinajstić information content (AvgIpc) is 2.77. The monoisotopic (exact) mass is 534 g/mol. The van der Waals surface area contributed by atoms with Crippen molar-refractivity contribution in [3.05, 3.63) is 0 Å². The lowest BCUT2D eigenvalue weighted by Gasteiger charge is -2.24. The summed E-state index contributed by atoms with van der Waals surface area (Å²) in [5.41, 5.74) is 21.3. The molecule has 0 aromatic rings. The fraction of sp³-hybridized carbons (Fsp3) is 0.632. The Bertz CT molecular complexity index is 836. The Morgan fingerprint density at radius 3 is 1.83 bits per heavy atom. The number of aliphatic imine (C=N–C) groups is 1. The van der Waals surface area contributed by atoms with Crippen LogP contribution in [0.25, 0.3) is 0 Å². The van der Waals surface area contributed by atoms with E-state index in [4.69, 9.17) is 28.0 Å². The van der Waals surface area contributed by atoms with E-state index < -0.39 is 72.6 Å². The van der Waals surface area contributed by atoms with E-state index in [0.717, 1.165) is 0 Å². The first-order chi connectivity index (χ1) is 16.8. The Hall–Kier alpha value is -3.60. The molecule has 0 fully saturated rings. The highest BCUT2D eigenvalue weighted by atomic mass is 32.2. The molecule has 0 saturated heterocycles. The van der Waals surface area contributed by atoms with Crippen molar-refractivity contribution in [3.8, 4) is 0 Å². The first-order valence-corrected chi connectivity index (χ1v) is 12.1. The molecule has 4 unspecified atom stereocenters. The maximum atomic E-state index is 12.7. The molecule has 0 heterocycles. The fourth-order valence-corrected chi connectivity index (χ4v) is 3.24. The molecule has 0 spiro atoms. The third-order valence-corrected chi connectivity index (χ3v) is 5.22. The van der Waals surface area contributed by atoms with Gasteiger partial charge in [0.2, 0.25) is 23.6 Å². The second-order valence-corrected chi connectivity index (χ2v) is 8.61. The summed E-state index contributed by atoms with van der Waals surface area (Å²) >= 11 is 1.44. The molecule has 0 aromatic heterocycles. The van der Waals surface area contributed by atoms with Gasteiger partial charge in [-0.25, -0.2) is 4.79 Å². The van der Waals surface area contributed by atoms with Crippen molar-refractivity contribution in [3.63, 3.8) is 0 Å². The van der Waals surface area contributed by atoms with Crippen molar-refractivity contribution in [2.75, 3.05) is 18.6 Å². The van der Waals surface area contributed by atoms with Crippen LogP contribution in [0, 0.1) is 0 Å². The summed E-state index contributed by atoms with van der Waals surface area (Å²) in [4.78, 5) is 75.5. The van der Waals surface area contributed by atoms with Gasteiger partial charge in [0.15, 0.2) is 5.96 Å². The minimum absolute atomic E-state index is 0.0881. The number of hydrogen-bond acceptors (Lipinski definition) is 9. The molecule has 16 nitrogen and oxygen atoms in total. The number of rotatable bonds is 18. The van der Waals surface area contributed by atoms with Crippen LogP contribution in [0.15, 0.2) is 4.99 Å². The quantitative estimate of drug-likeness (QED) is 0.0462. The summed E-state index contributed by atoms with van der Waals surface area (Å²) < 4.78 is 0. The molecule has 13 N–H and O–H groups in total. The lowest BCUT2D eigenvalue weighted by atomic mass is 10.1. The minimum atomic E-state index is -1.73. The largest absolute Gasteiger partial charge is 0.481 e. The number of amides is 4. The number of carboxylic acid groups (broad SMARTS) is 2. The smallest absolute Gasteiger partial charge is 0.326 e. The van der Waals surface area contributed by atoms with Gasteiger partial charge in [0, 0.05) is 6.54 Å². The molecule has 0 saturated carbocycles. The van der Waals surface area contributed by atoms with Gasteiger partial charge in [-0.15, -0.1) is 0 Å². The molecule has 0 radical (unpaired) electrons. The summed E-state index contributed by atoms with van der Waals surface area (Å²) in [5, 5.41) is 25.0. The van der Waals surface area contributed by atoms with E-state index in [1.165, 1.54) is 11.8 Å². The number of nitrogens with one attached hydrogen (secondary N) is 3. The number of aliphatic carboxylic acids is 2. The predicted octanol–water partition coefficient (Wildman–Crippen LogP) is -3.99. The number of primary amides is 1. The van der Waals surface area contributed by atoms with E-state index in [1.54, 1.807) is 6.26 Å². The van der Waals surface area contributed by atoms with Crippen LogP contribution in [-0.2, 0) is 28.8 Å². The summed E-state index contributed by atoms with van der Waals surface area (Å²) in [6, 6.07) is -5.70. The molecule has 0 aromatic carbocycles. The number of nitrogens with zero attached hydrogens (tertiary/aromatic N) is 1. The van der Waals surface area contributed by atoms with Crippen LogP contribution in [0.5, 0.6) is 0 Å². The van der Waals surface area contributed by atoms with E-state index in [9.17, 15) is 33.9 Å². The van der Waals surface area contributed by atoms with Crippen LogP contribution < -0.4 is 38.9 Å². The molecule has 4 amide bonds. The fourth-order valence-electron chi connectivity index (χ4n) is 2.75. The lowest BCUT2D eigenvalue weighted by molar-refractivity contribution is -0.144. The number of thioether (sulfide) groups is 1. The zero-order valence-corrected chi connectivity index (χ0v) is 20.6. The first-order valence-electron chi connectivity index (χ1n) is 10.7. The van der Waals surface area contributed by atoms with Crippen molar-refractivity contribution in [2.45, 2.75) is 56.3 Å². The van der Waals surface area contributed by atoms with Crippen molar-refractivity contribution in [2.24, 2.45) is 27.9 Å². The highest BCUT2D eigenvalue weighted by Gasteiger charge is 2.32. The lowest BCUT2D eigenvalue weighted by Crippen LogP contribution is -2.58. The van der Waals surface area contributed by atoms with Crippen LogP contribution in [0.1, 0.15) is 32.1 Å². The maximum absolute atomic E-state index is 12.7. The zero-order chi connectivity index (χ0) is 27.8. The van der Waals surface area contributed by atoms with E-state index in [0.29, 0.717) is 5.75 Å². The number of hydrogen-bond donors (Lipinski definition) is 9. The Morgan fingerprint density at radius 2 is 1.36 bits per heavy atom. The van der Waals surface area contributed by atoms with Gasteiger partial charge < -0.3 is 49.1 Å². The first kappa shape index (κ1) is 32.4. The van der Waals surface area contributed by atoms with Crippen LogP contribution in [-0.4, -0.2) is 94.5 Å². The summed E-state index contributed by atoms with van der Waals surface area (Å²) in [6.45, 7) is 0.0881. The summed E-state index contributed by atoms with van der Waals surface area (Å²) in [7, 11) is 0. The van der Waals surface area contributed by atoms with E-state index >= 15 is 0 Å². The van der Waals surface area contributed by atoms with Crippen LogP contribution in [0.4, 0.5) is 0 Å². The van der Waals surface area contributed by atoms with E-state index in [1.807, 2.05) is 0 Å². The van der Waals surface area contributed by atoms with Gasteiger partial charge in [-0.3, -0.25) is 29.0 Å². The summed E-state index contributed by atoms with van der Waals surface area (Å²) in [5.74, 6) is -6.44. The van der Waals surface area contributed by atoms with Crippen molar-refractivity contribution < 1.29 is 39.0 Å². The summed E-state index contributed by atoms with van der Waals surface area (Å²) in [6.07, 6.45) is 0.593. The van der Waals surface area contributed by atoms with Gasteiger partial charge in [0.25, 0.3) is 0 Å². The average molecular weight is 535 g/mol. The van der Waals surface area contributed by atoms with Gasteiger partial charge in [0.1, 0.15) is 18.1 Å². The van der Waals surface area contributed by atoms with Crippen molar-refractivity contribution in [1.29, 1.82) is 0 Å². The molecule has 0 rings (SSSR count). The Balaban J connectivity index is 5.46. The normalized spacial score (nSPS) is 13.8. The van der Waals surface area contributed by atoms with Crippen molar-refractivity contribution >= 4 is 53.3 Å².